The van der Waals surface area contributed by atoms with Gasteiger partial charge in [0, 0.05) is 5.69 Å². The van der Waals surface area contributed by atoms with E-state index in [1.165, 1.54) is 6.92 Å². The summed E-state index contributed by atoms with van der Waals surface area (Å²) in [7, 11) is 0. The quantitative estimate of drug-likeness (QED) is 0.853. The van der Waals surface area contributed by atoms with Crippen LogP contribution in [0.15, 0.2) is 12.1 Å². The maximum absolute atomic E-state index is 12.2. The zero-order valence-corrected chi connectivity index (χ0v) is 11.8. The van der Waals surface area contributed by atoms with Crippen molar-refractivity contribution in [2.75, 3.05) is 0 Å². The fourth-order valence-corrected chi connectivity index (χ4v) is 1.97. The van der Waals surface area contributed by atoms with Crippen LogP contribution in [0.2, 0.25) is 0 Å². The molecular weight excluding hydrogens is 244 g/mol. The summed E-state index contributed by atoms with van der Waals surface area (Å²) in [5.41, 5.74) is 0.586. The van der Waals surface area contributed by atoms with Gasteiger partial charge in [-0.3, -0.25) is 9.78 Å². The molecule has 0 saturated heterocycles. The highest BCUT2D eigenvalue weighted by molar-refractivity contribution is 5.98. The van der Waals surface area contributed by atoms with E-state index in [9.17, 15) is 14.7 Å². The Morgan fingerprint density at radius 3 is 2.47 bits per heavy atom. The highest BCUT2D eigenvalue weighted by Crippen LogP contribution is 2.15. The maximum Gasteiger partial charge on any atom is 0.329 e. The molecule has 0 spiro atoms. The first-order valence-corrected chi connectivity index (χ1v) is 6.30. The van der Waals surface area contributed by atoms with E-state index in [4.69, 9.17) is 0 Å². The minimum absolute atomic E-state index is 0.381. The van der Waals surface area contributed by atoms with Crippen molar-refractivity contribution in [3.63, 3.8) is 0 Å². The van der Waals surface area contributed by atoms with Crippen LogP contribution in [0.5, 0.6) is 0 Å². The van der Waals surface area contributed by atoms with Gasteiger partial charge in [-0.2, -0.15) is 0 Å². The molecule has 104 valence electrons. The summed E-state index contributed by atoms with van der Waals surface area (Å²) >= 11 is 0. The van der Waals surface area contributed by atoms with Gasteiger partial charge in [-0.1, -0.05) is 13.3 Å². The number of aryl methyl sites for hydroxylation is 2. The van der Waals surface area contributed by atoms with Crippen LogP contribution in [0.3, 0.4) is 0 Å². The van der Waals surface area contributed by atoms with Crippen LogP contribution in [0, 0.1) is 13.8 Å². The van der Waals surface area contributed by atoms with Crippen molar-refractivity contribution in [3.05, 3.63) is 29.1 Å². The Morgan fingerprint density at radius 2 is 2.00 bits per heavy atom. The molecule has 19 heavy (non-hydrogen) atoms. The molecule has 0 aromatic carbocycles. The summed E-state index contributed by atoms with van der Waals surface area (Å²) < 4.78 is 0. The number of amides is 1. The minimum Gasteiger partial charge on any atom is -0.480 e. The Labute approximate surface area is 113 Å². The number of nitrogens with one attached hydrogen (secondary N) is 1. The maximum atomic E-state index is 12.2. The molecule has 1 heterocycles. The number of carboxylic acids is 1. The minimum atomic E-state index is -1.25. The Morgan fingerprint density at radius 1 is 1.37 bits per heavy atom. The van der Waals surface area contributed by atoms with Gasteiger partial charge in [0.1, 0.15) is 5.54 Å². The van der Waals surface area contributed by atoms with Gasteiger partial charge in [0.25, 0.3) is 5.91 Å². The number of hydrogen-bond acceptors (Lipinski definition) is 3. The van der Waals surface area contributed by atoms with Crippen LogP contribution in [0.1, 0.15) is 48.4 Å². The fourth-order valence-electron chi connectivity index (χ4n) is 1.97. The third-order valence-electron chi connectivity index (χ3n) is 3.08. The highest BCUT2D eigenvalue weighted by atomic mass is 16.4. The van der Waals surface area contributed by atoms with E-state index in [-0.39, 0.29) is 0 Å². The summed E-state index contributed by atoms with van der Waals surface area (Å²) in [5, 5.41) is 11.8. The van der Waals surface area contributed by atoms with Gasteiger partial charge in [-0.25, -0.2) is 4.79 Å². The Balaban J connectivity index is 2.97. The molecule has 1 aromatic rings. The van der Waals surface area contributed by atoms with Gasteiger partial charge in [-0.05, 0) is 39.3 Å². The van der Waals surface area contributed by atoms with Crippen molar-refractivity contribution in [2.24, 2.45) is 0 Å². The lowest BCUT2D eigenvalue weighted by atomic mass is 9.95. The number of carbonyl (C=O) groups excluding carboxylic acids is 1. The van der Waals surface area contributed by atoms with Crippen LogP contribution in [-0.2, 0) is 4.79 Å². The van der Waals surface area contributed by atoms with Crippen molar-refractivity contribution in [2.45, 2.75) is 46.1 Å². The molecule has 2 N–H and O–H groups in total. The van der Waals surface area contributed by atoms with E-state index in [0.717, 1.165) is 5.69 Å². The van der Waals surface area contributed by atoms with Gasteiger partial charge in [-0.15, -0.1) is 0 Å². The Hall–Kier alpha value is -1.91. The number of nitrogens with zero attached hydrogens (tertiary/aromatic N) is 1. The summed E-state index contributed by atoms with van der Waals surface area (Å²) in [6.07, 6.45) is 1.06. The zero-order chi connectivity index (χ0) is 14.6. The van der Waals surface area contributed by atoms with Gasteiger partial charge in [0.15, 0.2) is 0 Å². The molecule has 0 saturated carbocycles. The topological polar surface area (TPSA) is 79.3 Å². The average Bonchev–Trinajstić information content (AvgIpc) is 2.28. The second kappa shape index (κ2) is 5.82. The largest absolute Gasteiger partial charge is 0.480 e. The third-order valence-corrected chi connectivity index (χ3v) is 3.08. The number of carboxylic acid groups (broad SMARTS) is 1. The van der Waals surface area contributed by atoms with E-state index < -0.39 is 17.4 Å². The molecule has 5 nitrogen and oxygen atoms in total. The molecule has 0 aliphatic heterocycles. The van der Waals surface area contributed by atoms with Crippen molar-refractivity contribution in [1.29, 1.82) is 0 Å². The molecular formula is C14H20N2O3. The van der Waals surface area contributed by atoms with E-state index in [1.54, 1.807) is 19.1 Å². The molecule has 1 amide bonds. The van der Waals surface area contributed by atoms with Crippen molar-refractivity contribution >= 4 is 11.9 Å². The van der Waals surface area contributed by atoms with E-state index in [1.807, 2.05) is 13.8 Å². The second-order valence-corrected chi connectivity index (χ2v) is 4.93. The van der Waals surface area contributed by atoms with Gasteiger partial charge < -0.3 is 10.4 Å². The fraction of sp³-hybridized carbons (Fsp3) is 0.500. The summed E-state index contributed by atoms with van der Waals surface area (Å²) in [4.78, 5) is 27.7. The first-order valence-electron chi connectivity index (χ1n) is 6.30. The molecule has 0 aliphatic carbocycles. The standard InChI is InChI=1S/C14H20N2O3/c1-5-8-14(4,13(18)19)16-12(17)11-7-6-9(2)15-10(11)3/h6-7H,5,8H2,1-4H3,(H,16,17)(H,18,19). The number of rotatable bonds is 5. The number of pyridine rings is 1. The molecule has 0 radical (unpaired) electrons. The first kappa shape index (κ1) is 15.1. The highest BCUT2D eigenvalue weighted by Gasteiger charge is 2.34. The first-order chi connectivity index (χ1) is 8.80. The SMILES string of the molecule is CCCC(C)(NC(=O)c1ccc(C)nc1C)C(=O)O. The monoisotopic (exact) mass is 264 g/mol. The predicted octanol–water partition coefficient (Wildman–Crippen LogP) is 2.07. The normalized spacial score (nSPS) is 13.7. The number of aliphatic carboxylic acids is 1. The Bertz CT molecular complexity index is 499. The summed E-state index contributed by atoms with van der Waals surface area (Å²) in [6, 6.07) is 3.40. The van der Waals surface area contributed by atoms with E-state index in [0.29, 0.717) is 24.1 Å². The lowest BCUT2D eigenvalue weighted by Crippen LogP contribution is -2.52. The van der Waals surface area contributed by atoms with Crippen LogP contribution in [-0.4, -0.2) is 27.5 Å². The van der Waals surface area contributed by atoms with Crippen LogP contribution in [0.25, 0.3) is 0 Å². The van der Waals surface area contributed by atoms with Gasteiger partial charge >= 0.3 is 5.97 Å². The third kappa shape index (κ3) is 3.53. The molecule has 1 atom stereocenters. The molecule has 0 aliphatic rings. The molecule has 1 aromatic heterocycles. The van der Waals surface area contributed by atoms with Crippen LogP contribution < -0.4 is 5.32 Å². The molecule has 0 fully saturated rings. The Kier molecular flexibility index (Phi) is 4.64. The molecule has 1 rings (SSSR count). The molecule has 0 bridgehead atoms. The second-order valence-electron chi connectivity index (χ2n) is 4.93. The van der Waals surface area contributed by atoms with Crippen molar-refractivity contribution in [1.82, 2.24) is 10.3 Å². The predicted molar refractivity (Wildman–Crippen MR) is 72.1 cm³/mol. The zero-order valence-electron chi connectivity index (χ0n) is 11.8. The van der Waals surface area contributed by atoms with Crippen LogP contribution >= 0.6 is 0 Å². The lowest BCUT2D eigenvalue weighted by molar-refractivity contribution is -0.144. The van der Waals surface area contributed by atoms with Gasteiger partial charge in [0.05, 0.1) is 11.3 Å². The van der Waals surface area contributed by atoms with Crippen molar-refractivity contribution in [3.8, 4) is 0 Å². The molecule has 5 heteroatoms. The van der Waals surface area contributed by atoms with Crippen LogP contribution in [0.4, 0.5) is 0 Å². The number of aromatic nitrogens is 1. The summed E-state index contributed by atoms with van der Waals surface area (Å²) in [6.45, 7) is 6.98. The van der Waals surface area contributed by atoms with E-state index in [2.05, 4.69) is 10.3 Å². The van der Waals surface area contributed by atoms with E-state index >= 15 is 0 Å². The lowest BCUT2D eigenvalue weighted by Gasteiger charge is -2.26. The van der Waals surface area contributed by atoms with Gasteiger partial charge in [0.2, 0.25) is 0 Å². The smallest absolute Gasteiger partial charge is 0.329 e. The number of hydrogen-bond donors (Lipinski definition) is 2. The average molecular weight is 264 g/mol. The number of carbonyl (C=O) groups is 2. The van der Waals surface area contributed by atoms with Crippen molar-refractivity contribution < 1.29 is 14.7 Å². The summed E-state index contributed by atoms with van der Waals surface area (Å²) in [5.74, 6) is -1.43. The molecule has 1 unspecified atom stereocenters.